The van der Waals surface area contributed by atoms with Gasteiger partial charge in [-0.1, -0.05) is 18.2 Å². The number of carbonyl (C=O) groups is 1. The van der Waals surface area contributed by atoms with Crippen molar-refractivity contribution in [2.24, 2.45) is 0 Å². The number of likely N-dealkylation sites (tertiary alicyclic amines) is 1. The Balaban J connectivity index is 1.39. The van der Waals surface area contributed by atoms with Gasteiger partial charge in [-0.05, 0) is 36.6 Å². The minimum atomic E-state index is -0.196. The van der Waals surface area contributed by atoms with E-state index in [2.05, 4.69) is 26.4 Å². The lowest BCUT2D eigenvalue weighted by Crippen LogP contribution is -2.35. The van der Waals surface area contributed by atoms with Crippen LogP contribution in [0, 0.1) is 0 Å². The molecule has 0 saturated carbocycles. The van der Waals surface area contributed by atoms with E-state index in [-0.39, 0.29) is 11.9 Å². The van der Waals surface area contributed by atoms with Crippen LogP contribution in [0.2, 0.25) is 0 Å². The smallest absolute Gasteiger partial charge is 0.260 e. The summed E-state index contributed by atoms with van der Waals surface area (Å²) < 4.78 is 7.24. The average molecular weight is 391 g/mol. The van der Waals surface area contributed by atoms with Crippen molar-refractivity contribution in [3.05, 3.63) is 72.2 Å². The maximum atomic E-state index is 12.7. The Morgan fingerprint density at radius 3 is 2.72 bits per heavy atom. The zero-order valence-electron chi connectivity index (χ0n) is 16.5. The van der Waals surface area contributed by atoms with Crippen molar-refractivity contribution < 1.29 is 9.53 Å². The molecule has 0 atom stereocenters. The van der Waals surface area contributed by atoms with Gasteiger partial charge in [0, 0.05) is 38.1 Å². The summed E-state index contributed by atoms with van der Waals surface area (Å²) in [5, 5.41) is 7.47. The van der Waals surface area contributed by atoms with Gasteiger partial charge in [-0.25, -0.2) is 4.68 Å². The van der Waals surface area contributed by atoms with Gasteiger partial charge in [-0.15, -0.1) is 0 Å². The second-order valence-electron chi connectivity index (χ2n) is 7.18. The molecule has 1 aliphatic rings. The highest BCUT2D eigenvalue weighted by molar-refractivity contribution is 6.05. The van der Waals surface area contributed by atoms with Gasteiger partial charge in [0.1, 0.15) is 11.6 Å². The molecule has 29 heavy (non-hydrogen) atoms. The van der Waals surface area contributed by atoms with Gasteiger partial charge in [0.15, 0.2) is 0 Å². The number of benzene rings is 1. The van der Waals surface area contributed by atoms with Crippen LogP contribution in [0.1, 0.15) is 34.8 Å². The lowest BCUT2D eigenvalue weighted by Gasteiger charge is -2.32. The SMILES string of the molecule is COc1ccccc1C(=O)Nc1ccnn1C1CCN(Cc2cccnc2)CC1. The van der Waals surface area contributed by atoms with Crippen LogP contribution in [0.5, 0.6) is 5.75 Å². The quantitative estimate of drug-likeness (QED) is 0.697. The fourth-order valence-electron chi connectivity index (χ4n) is 3.79. The van der Waals surface area contributed by atoms with Crippen molar-refractivity contribution in [1.82, 2.24) is 19.7 Å². The topological polar surface area (TPSA) is 72.3 Å². The molecular formula is C22H25N5O2. The lowest BCUT2D eigenvalue weighted by atomic mass is 10.0. The highest BCUT2D eigenvalue weighted by Crippen LogP contribution is 2.27. The number of methoxy groups -OCH3 is 1. The molecule has 3 aromatic rings. The number of pyridine rings is 1. The van der Waals surface area contributed by atoms with Gasteiger partial charge in [0.2, 0.25) is 0 Å². The number of hydrogen-bond acceptors (Lipinski definition) is 5. The first-order valence-corrected chi connectivity index (χ1v) is 9.84. The average Bonchev–Trinajstić information content (AvgIpc) is 3.23. The van der Waals surface area contributed by atoms with Crippen LogP contribution in [0.4, 0.5) is 5.82 Å². The predicted octanol–water partition coefficient (Wildman–Crippen LogP) is 3.38. The molecule has 7 nitrogen and oxygen atoms in total. The Morgan fingerprint density at radius 2 is 1.97 bits per heavy atom. The van der Waals surface area contributed by atoms with E-state index in [0.29, 0.717) is 17.1 Å². The van der Waals surface area contributed by atoms with Gasteiger partial charge < -0.3 is 10.1 Å². The molecule has 4 rings (SSSR count). The molecule has 1 aromatic carbocycles. The molecule has 1 amide bonds. The normalized spacial score (nSPS) is 15.2. The fraction of sp³-hybridized carbons (Fsp3) is 0.318. The molecule has 0 spiro atoms. The number of nitrogens with one attached hydrogen (secondary N) is 1. The maximum Gasteiger partial charge on any atom is 0.260 e. The van der Waals surface area contributed by atoms with E-state index in [1.54, 1.807) is 31.6 Å². The van der Waals surface area contributed by atoms with Crippen LogP contribution >= 0.6 is 0 Å². The summed E-state index contributed by atoms with van der Waals surface area (Å²) in [5.41, 5.74) is 1.74. The van der Waals surface area contributed by atoms with Crippen molar-refractivity contribution in [2.75, 3.05) is 25.5 Å². The number of aromatic nitrogens is 3. The summed E-state index contributed by atoms with van der Waals surface area (Å²) in [7, 11) is 1.57. The number of ether oxygens (including phenoxy) is 1. The van der Waals surface area contributed by atoms with Crippen LogP contribution in [-0.2, 0) is 6.54 Å². The molecule has 1 N–H and O–H groups in total. The molecule has 2 aromatic heterocycles. The maximum absolute atomic E-state index is 12.7. The molecule has 0 bridgehead atoms. The van der Waals surface area contributed by atoms with Gasteiger partial charge in [-0.2, -0.15) is 5.10 Å². The predicted molar refractivity (Wildman–Crippen MR) is 111 cm³/mol. The molecule has 0 radical (unpaired) electrons. The van der Waals surface area contributed by atoms with Gasteiger partial charge in [0.05, 0.1) is 24.9 Å². The molecule has 150 valence electrons. The first-order valence-electron chi connectivity index (χ1n) is 9.84. The fourth-order valence-corrected chi connectivity index (χ4v) is 3.79. The van der Waals surface area contributed by atoms with E-state index in [9.17, 15) is 4.79 Å². The molecule has 3 heterocycles. The highest BCUT2D eigenvalue weighted by atomic mass is 16.5. The molecule has 0 aliphatic carbocycles. The van der Waals surface area contributed by atoms with Crippen LogP contribution in [0.25, 0.3) is 0 Å². The second-order valence-corrected chi connectivity index (χ2v) is 7.18. The summed E-state index contributed by atoms with van der Waals surface area (Å²) in [4.78, 5) is 19.4. The van der Waals surface area contributed by atoms with Gasteiger partial charge >= 0.3 is 0 Å². The third kappa shape index (κ3) is 4.46. The number of rotatable bonds is 6. The Hall–Kier alpha value is -3.19. The van der Waals surface area contributed by atoms with E-state index < -0.39 is 0 Å². The van der Waals surface area contributed by atoms with E-state index in [4.69, 9.17) is 4.74 Å². The zero-order valence-corrected chi connectivity index (χ0v) is 16.5. The van der Waals surface area contributed by atoms with Crippen LogP contribution < -0.4 is 10.1 Å². The third-order valence-electron chi connectivity index (χ3n) is 5.30. The monoisotopic (exact) mass is 391 g/mol. The van der Waals surface area contributed by atoms with Crippen molar-refractivity contribution in [3.8, 4) is 5.75 Å². The molecular weight excluding hydrogens is 366 g/mol. The summed E-state index contributed by atoms with van der Waals surface area (Å²) in [6, 6.07) is 13.4. The minimum Gasteiger partial charge on any atom is -0.496 e. The van der Waals surface area contributed by atoms with Crippen LogP contribution in [-0.4, -0.2) is 45.8 Å². The highest BCUT2D eigenvalue weighted by Gasteiger charge is 2.24. The summed E-state index contributed by atoms with van der Waals surface area (Å²) in [6.07, 6.45) is 7.43. The third-order valence-corrected chi connectivity index (χ3v) is 5.30. The first-order chi connectivity index (χ1) is 14.2. The number of nitrogens with zero attached hydrogens (tertiary/aromatic N) is 4. The zero-order chi connectivity index (χ0) is 20.1. The number of amides is 1. The van der Waals surface area contributed by atoms with Crippen molar-refractivity contribution in [2.45, 2.75) is 25.4 Å². The molecule has 1 aliphatic heterocycles. The number of para-hydroxylation sites is 1. The number of carbonyl (C=O) groups excluding carboxylic acids is 1. The van der Waals surface area contributed by atoms with Gasteiger partial charge in [0.25, 0.3) is 5.91 Å². The van der Waals surface area contributed by atoms with Crippen LogP contribution in [0.15, 0.2) is 61.1 Å². The number of anilines is 1. The molecule has 0 unspecified atom stereocenters. The minimum absolute atomic E-state index is 0.196. The standard InChI is InChI=1S/C22H25N5O2/c1-29-20-7-3-2-6-19(20)22(28)25-21-8-12-24-27(21)18-9-13-26(14-10-18)16-17-5-4-11-23-15-17/h2-8,11-12,15,18H,9-10,13-14,16H2,1H3,(H,25,28). The van der Waals surface area contributed by atoms with Crippen molar-refractivity contribution >= 4 is 11.7 Å². The van der Waals surface area contributed by atoms with Crippen molar-refractivity contribution in [1.29, 1.82) is 0 Å². The van der Waals surface area contributed by atoms with Crippen molar-refractivity contribution in [3.63, 3.8) is 0 Å². The second kappa shape index (κ2) is 8.87. The molecule has 7 heteroatoms. The Morgan fingerprint density at radius 1 is 1.14 bits per heavy atom. The number of piperidine rings is 1. The largest absolute Gasteiger partial charge is 0.496 e. The van der Waals surface area contributed by atoms with E-state index in [1.165, 1.54) is 5.56 Å². The lowest BCUT2D eigenvalue weighted by molar-refractivity contribution is 0.102. The van der Waals surface area contributed by atoms with Gasteiger partial charge in [-0.3, -0.25) is 14.7 Å². The Labute approximate surface area is 170 Å². The molecule has 1 fully saturated rings. The molecule has 1 saturated heterocycles. The first kappa shape index (κ1) is 19.1. The number of hydrogen-bond donors (Lipinski definition) is 1. The Bertz CT molecular complexity index is 949. The van der Waals surface area contributed by atoms with E-state index in [1.807, 2.05) is 35.1 Å². The Kier molecular flexibility index (Phi) is 5.86. The van der Waals surface area contributed by atoms with Crippen LogP contribution in [0.3, 0.4) is 0 Å². The summed E-state index contributed by atoms with van der Waals surface area (Å²) in [6.45, 7) is 2.88. The summed E-state index contributed by atoms with van der Waals surface area (Å²) in [5.74, 6) is 1.07. The van der Waals surface area contributed by atoms with E-state index in [0.717, 1.165) is 32.5 Å². The van der Waals surface area contributed by atoms with E-state index >= 15 is 0 Å². The summed E-state index contributed by atoms with van der Waals surface area (Å²) >= 11 is 0.